The van der Waals surface area contributed by atoms with Crippen LogP contribution < -0.4 is 15.5 Å². The van der Waals surface area contributed by atoms with Gasteiger partial charge < -0.3 is 15.5 Å². The van der Waals surface area contributed by atoms with Gasteiger partial charge in [-0.25, -0.2) is 14.7 Å². The summed E-state index contributed by atoms with van der Waals surface area (Å²) in [4.78, 5) is 11.2. The van der Waals surface area contributed by atoms with Gasteiger partial charge in [0, 0.05) is 45.0 Å². The topological polar surface area (TPSA) is 70.4 Å². The fourth-order valence-corrected chi connectivity index (χ4v) is 3.39. The van der Waals surface area contributed by atoms with Gasteiger partial charge in [0.05, 0.1) is 17.9 Å². The summed E-state index contributed by atoms with van der Waals surface area (Å²) in [7, 11) is 4.00. The molecule has 148 valence electrons. The number of benzene rings is 1. The molecule has 2 N–H and O–H groups in total. The second-order valence-electron chi connectivity index (χ2n) is 6.50. The number of hydrogen-bond acceptors (Lipinski definition) is 5. The highest BCUT2D eigenvalue weighted by molar-refractivity contribution is 7.13. The maximum Gasteiger partial charge on any atom is 0.191 e. The van der Waals surface area contributed by atoms with E-state index < -0.39 is 0 Å². The average molecular weight is 398 g/mol. The van der Waals surface area contributed by atoms with Crippen LogP contribution in [0.1, 0.15) is 18.2 Å². The van der Waals surface area contributed by atoms with Crippen LogP contribution in [0.4, 0.5) is 5.13 Å². The molecule has 3 aromatic rings. The van der Waals surface area contributed by atoms with Crippen molar-refractivity contribution >= 4 is 22.4 Å². The van der Waals surface area contributed by atoms with Crippen molar-refractivity contribution in [3.05, 3.63) is 59.4 Å². The normalized spacial score (nSPS) is 11.5. The van der Waals surface area contributed by atoms with E-state index in [1.165, 1.54) is 5.56 Å². The number of aromatic nitrogens is 3. The van der Waals surface area contributed by atoms with Crippen LogP contribution in [0.5, 0.6) is 0 Å². The van der Waals surface area contributed by atoms with E-state index in [0.29, 0.717) is 6.54 Å². The van der Waals surface area contributed by atoms with Crippen molar-refractivity contribution in [2.75, 3.05) is 32.1 Å². The van der Waals surface area contributed by atoms with Gasteiger partial charge in [0.15, 0.2) is 11.1 Å². The Hall–Kier alpha value is -2.87. The maximum absolute atomic E-state index is 4.64. The number of guanidine groups is 1. The molecule has 0 unspecified atom stereocenters. The minimum absolute atomic E-state index is 0.568. The van der Waals surface area contributed by atoms with Crippen LogP contribution in [0, 0.1) is 0 Å². The number of nitrogens with zero attached hydrogens (tertiary/aromatic N) is 5. The first-order valence-corrected chi connectivity index (χ1v) is 10.3. The second kappa shape index (κ2) is 9.89. The van der Waals surface area contributed by atoms with Crippen LogP contribution in [0.3, 0.4) is 0 Å². The zero-order valence-corrected chi connectivity index (χ0v) is 17.4. The van der Waals surface area contributed by atoms with Gasteiger partial charge in [0.25, 0.3) is 0 Å². The van der Waals surface area contributed by atoms with E-state index in [9.17, 15) is 0 Å². The second-order valence-corrected chi connectivity index (χ2v) is 7.34. The highest BCUT2D eigenvalue weighted by Crippen LogP contribution is 2.18. The molecule has 8 heteroatoms. The molecule has 0 saturated heterocycles. The van der Waals surface area contributed by atoms with Crippen molar-refractivity contribution in [3.8, 4) is 5.69 Å². The van der Waals surface area contributed by atoms with Gasteiger partial charge >= 0.3 is 0 Å². The molecule has 7 nitrogen and oxygen atoms in total. The van der Waals surface area contributed by atoms with E-state index in [-0.39, 0.29) is 0 Å². The van der Waals surface area contributed by atoms with Crippen molar-refractivity contribution in [1.29, 1.82) is 0 Å². The van der Waals surface area contributed by atoms with E-state index in [2.05, 4.69) is 62.3 Å². The molecule has 0 spiro atoms. The fourth-order valence-electron chi connectivity index (χ4n) is 2.64. The number of nitrogens with one attached hydrogen (secondary N) is 2. The smallest absolute Gasteiger partial charge is 0.191 e. The van der Waals surface area contributed by atoms with Gasteiger partial charge in [-0.05, 0) is 37.1 Å². The Labute approximate surface area is 170 Å². The molecule has 3 rings (SSSR count). The van der Waals surface area contributed by atoms with Gasteiger partial charge in [0.1, 0.15) is 0 Å². The van der Waals surface area contributed by atoms with Crippen molar-refractivity contribution in [1.82, 2.24) is 25.4 Å². The summed E-state index contributed by atoms with van der Waals surface area (Å²) < 4.78 is 1.86. The third-order valence-corrected chi connectivity index (χ3v) is 5.13. The van der Waals surface area contributed by atoms with Gasteiger partial charge in [-0.15, -0.1) is 11.3 Å². The highest BCUT2D eigenvalue weighted by Gasteiger charge is 2.04. The van der Waals surface area contributed by atoms with Crippen LogP contribution in [-0.4, -0.2) is 47.9 Å². The van der Waals surface area contributed by atoms with Crippen LogP contribution in [0.15, 0.2) is 53.1 Å². The Morgan fingerprint density at radius 2 is 2.04 bits per heavy atom. The largest absolute Gasteiger partial charge is 0.357 e. The fraction of sp³-hybridized carbons (Fsp3) is 0.350. The summed E-state index contributed by atoms with van der Waals surface area (Å²) in [6.45, 7) is 4.27. The van der Waals surface area contributed by atoms with E-state index >= 15 is 0 Å². The Bertz CT molecular complexity index is 866. The first kappa shape index (κ1) is 19.9. The Morgan fingerprint density at radius 1 is 1.21 bits per heavy atom. The average Bonchev–Trinajstić information content (AvgIpc) is 3.39. The minimum atomic E-state index is 0.568. The molecule has 0 radical (unpaired) electrons. The van der Waals surface area contributed by atoms with Gasteiger partial charge in [-0.3, -0.25) is 0 Å². The first-order chi connectivity index (χ1) is 13.7. The summed E-state index contributed by atoms with van der Waals surface area (Å²) in [5, 5.41) is 14.0. The minimum Gasteiger partial charge on any atom is -0.357 e. The van der Waals surface area contributed by atoms with Crippen molar-refractivity contribution < 1.29 is 0 Å². The molecule has 0 atom stereocenters. The van der Waals surface area contributed by atoms with Gasteiger partial charge in [-0.2, -0.15) is 5.10 Å². The Kier molecular flexibility index (Phi) is 7.02. The third-order valence-electron chi connectivity index (χ3n) is 4.08. The molecule has 0 aliphatic heterocycles. The third kappa shape index (κ3) is 5.56. The quantitative estimate of drug-likeness (QED) is 0.452. The summed E-state index contributed by atoms with van der Waals surface area (Å²) in [5.41, 5.74) is 3.33. The molecule has 0 bridgehead atoms. The van der Waals surface area contributed by atoms with E-state index in [4.69, 9.17) is 0 Å². The molecule has 2 aromatic heterocycles. The van der Waals surface area contributed by atoms with E-state index in [1.54, 1.807) is 17.5 Å². The van der Waals surface area contributed by atoms with Crippen molar-refractivity contribution in [3.63, 3.8) is 0 Å². The Balaban J connectivity index is 1.51. The lowest BCUT2D eigenvalue weighted by Gasteiger charge is -2.11. The molecule has 0 aliphatic carbocycles. The summed E-state index contributed by atoms with van der Waals surface area (Å²) >= 11 is 1.64. The molecule has 0 fully saturated rings. The van der Waals surface area contributed by atoms with Crippen LogP contribution in [0.2, 0.25) is 0 Å². The number of aliphatic imine (C=N–C) groups is 1. The maximum atomic E-state index is 4.64. The predicted molar refractivity (Wildman–Crippen MR) is 117 cm³/mol. The summed E-state index contributed by atoms with van der Waals surface area (Å²) in [5.74, 6) is 0.815. The van der Waals surface area contributed by atoms with E-state index in [1.807, 2.05) is 35.9 Å². The molecule has 0 saturated carbocycles. The number of thiazole rings is 1. The monoisotopic (exact) mass is 397 g/mol. The summed E-state index contributed by atoms with van der Waals surface area (Å²) in [6.07, 6.45) is 4.65. The number of anilines is 1. The molecule has 28 heavy (non-hydrogen) atoms. The zero-order valence-electron chi connectivity index (χ0n) is 16.6. The van der Waals surface area contributed by atoms with E-state index in [0.717, 1.165) is 42.0 Å². The molecule has 0 amide bonds. The predicted octanol–water partition coefficient (Wildman–Crippen LogP) is 2.69. The first-order valence-electron chi connectivity index (χ1n) is 9.38. The summed E-state index contributed by atoms with van der Waals surface area (Å²) in [6, 6.07) is 10.4. The van der Waals surface area contributed by atoms with Gasteiger partial charge in [-0.1, -0.05) is 12.1 Å². The van der Waals surface area contributed by atoms with Gasteiger partial charge in [0.2, 0.25) is 0 Å². The molecule has 2 heterocycles. The van der Waals surface area contributed by atoms with Crippen LogP contribution >= 0.6 is 11.3 Å². The molecule has 1 aromatic carbocycles. The standard InChI is InChI=1S/C20H27N7S/c1-4-21-19(23-14-17-15-28-20(25-17)26(2)3)22-12-10-16-6-8-18(9-7-16)27-13-5-11-24-27/h5-9,11,13,15H,4,10,12,14H2,1-3H3,(H2,21,22,23). The SMILES string of the molecule is CCNC(=NCc1csc(N(C)C)n1)NCCc1ccc(-n2cccn2)cc1. The lowest BCUT2D eigenvalue weighted by molar-refractivity contribution is 0.796. The highest BCUT2D eigenvalue weighted by atomic mass is 32.1. The van der Waals surface area contributed by atoms with Crippen molar-refractivity contribution in [2.24, 2.45) is 4.99 Å². The number of rotatable bonds is 8. The number of hydrogen-bond donors (Lipinski definition) is 2. The van der Waals surface area contributed by atoms with Crippen LogP contribution in [0.25, 0.3) is 5.69 Å². The molecular weight excluding hydrogens is 370 g/mol. The Morgan fingerprint density at radius 3 is 2.68 bits per heavy atom. The van der Waals surface area contributed by atoms with Crippen molar-refractivity contribution in [2.45, 2.75) is 19.9 Å². The lowest BCUT2D eigenvalue weighted by Crippen LogP contribution is -2.38. The van der Waals surface area contributed by atoms with Crippen LogP contribution in [-0.2, 0) is 13.0 Å². The lowest BCUT2D eigenvalue weighted by atomic mass is 10.1. The molecule has 0 aliphatic rings. The molecular formula is C20H27N7S. The zero-order chi connectivity index (χ0) is 19.8.